The molecule has 116 valence electrons. The van der Waals surface area contributed by atoms with Gasteiger partial charge in [0.2, 0.25) is 0 Å². The van der Waals surface area contributed by atoms with Gasteiger partial charge < -0.3 is 4.90 Å². The Morgan fingerprint density at radius 2 is 2.00 bits per heavy atom. The molecule has 0 bridgehead atoms. The first-order chi connectivity index (χ1) is 10.5. The number of halogens is 1. The Kier molecular flexibility index (Phi) is 4.32. The predicted octanol–water partition coefficient (Wildman–Crippen LogP) is 3.07. The minimum Gasteiger partial charge on any atom is -0.353 e. The molecule has 0 N–H and O–H groups in total. The molecule has 2 heterocycles. The number of benzene rings is 1. The van der Waals surface area contributed by atoms with E-state index in [1.165, 1.54) is 5.56 Å². The van der Waals surface area contributed by atoms with E-state index in [0.29, 0.717) is 6.04 Å². The summed E-state index contributed by atoms with van der Waals surface area (Å²) in [6, 6.07) is 10.7. The molecular weight excluding hydrogens is 296 g/mol. The van der Waals surface area contributed by atoms with Gasteiger partial charge in [0.25, 0.3) is 0 Å². The molecular formula is C17H21ClN4. The molecule has 1 aliphatic rings. The second-order valence-corrected chi connectivity index (χ2v) is 6.46. The predicted molar refractivity (Wildman–Crippen MR) is 90.4 cm³/mol. The lowest BCUT2D eigenvalue weighted by Gasteiger charge is -2.44. The fraction of sp³-hybridized carbons (Fsp3) is 0.412. The zero-order chi connectivity index (χ0) is 15.7. The van der Waals surface area contributed by atoms with Crippen LogP contribution in [0.2, 0.25) is 5.02 Å². The molecule has 0 atom stereocenters. The number of rotatable bonds is 4. The molecule has 0 spiro atoms. The molecule has 1 aromatic carbocycles. The van der Waals surface area contributed by atoms with Crippen molar-refractivity contribution in [2.24, 2.45) is 0 Å². The number of likely N-dealkylation sites (N-methyl/N-ethyl adjacent to an activating group) is 1. The molecule has 1 saturated heterocycles. The summed E-state index contributed by atoms with van der Waals surface area (Å²) < 4.78 is 0. The molecule has 0 saturated carbocycles. The summed E-state index contributed by atoms with van der Waals surface area (Å²) in [5.74, 6) is 1.88. The number of hydrogen-bond acceptors (Lipinski definition) is 4. The van der Waals surface area contributed by atoms with Crippen LogP contribution in [0.25, 0.3) is 0 Å². The summed E-state index contributed by atoms with van der Waals surface area (Å²) in [5, 5.41) is 0.799. The van der Waals surface area contributed by atoms with Crippen molar-refractivity contribution in [3.05, 3.63) is 52.4 Å². The van der Waals surface area contributed by atoms with Crippen LogP contribution < -0.4 is 4.90 Å². The van der Waals surface area contributed by atoms with Gasteiger partial charge in [0.15, 0.2) is 0 Å². The molecule has 0 radical (unpaired) electrons. The molecule has 1 aromatic heterocycles. The number of aromatic nitrogens is 2. The molecule has 3 rings (SSSR count). The van der Waals surface area contributed by atoms with E-state index in [1.807, 2.05) is 32.0 Å². The third-order valence-electron chi connectivity index (χ3n) is 4.08. The van der Waals surface area contributed by atoms with Crippen LogP contribution in [-0.4, -0.2) is 41.0 Å². The topological polar surface area (TPSA) is 32.3 Å². The molecule has 1 aliphatic heterocycles. The van der Waals surface area contributed by atoms with Gasteiger partial charge in [-0.15, -0.1) is 0 Å². The van der Waals surface area contributed by atoms with Gasteiger partial charge in [-0.2, -0.15) is 0 Å². The van der Waals surface area contributed by atoms with Crippen molar-refractivity contribution in [2.75, 3.05) is 25.0 Å². The smallest absolute Gasteiger partial charge is 0.132 e. The summed E-state index contributed by atoms with van der Waals surface area (Å²) in [5.41, 5.74) is 2.28. The first-order valence-corrected chi connectivity index (χ1v) is 7.91. The maximum atomic E-state index is 6.05. The van der Waals surface area contributed by atoms with Crippen molar-refractivity contribution < 1.29 is 0 Å². The van der Waals surface area contributed by atoms with Gasteiger partial charge in [-0.3, -0.25) is 4.90 Å². The van der Waals surface area contributed by atoms with Crippen molar-refractivity contribution in [3.63, 3.8) is 0 Å². The standard InChI is InChI=1S/C17H21ClN4/c1-12-7-17(20-13(2)19-12)22-10-16(11-22)21(3)9-14-5-4-6-15(18)8-14/h4-8,16H,9-11H2,1-3H3. The second kappa shape index (κ2) is 6.23. The molecule has 0 unspecified atom stereocenters. The van der Waals surface area contributed by atoms with Crippen LogP contribution in [0.15, 0.2) is 30.3 Å². The van der Waals surface area contributed by atoms with Crippen molar-refractivity contribution in [2.45, 2.75) is 26.4 Å². The summed E-state index contributed by atoms with van der Waals surface area (Å²) in [6.45, 7) is 6.89. The minimum absolute atomic E-state index is 0.551. The first kappa shape index (κ1) is 15.3. The van der Waals surface area contributed by atoms with E-state index in [4.69, 9.17) is 11.6 Å². The van der Waals surface area contributed by atoms with Crippen molar-refractivity contribution in [1.29, 1.82) is 0 Å². The lowest BCUT2D eigenvalue weighted by atomic mass is 10.1. The lowest BCUT2D eigenvalue weighted by Crippen LogP contribution is -2.58. The summed E-state index contributed by atoms with van der Waals surface area (Å²) >= 11 is 6.05. The van der Waals surface area contributed by atoms with Crippen molar-refractivity contribution >= 4 is 17.4 Å². The van der Waals surface area contributed by atoms with E-state index in [1.54, 1.807) is 0 Å². The van der Waals surface area contributed by atoms with Crippen LogP contribution in [-0.2, 0) is 6.54 Å². The third-order valence-corrected chi connectivity index (χ3v) is 4.32. The van der Waals surface area contributed by atoms with Gasteiger partial charge in [-0.05, 0) is 38.6 Å². The summed E-state index contributed by atoms with van der Waals surface area (Å²) in [6.07, 6.45) is 0. The average molecular weight is 317 g/mol. The average Bonchev–Trinajstić information content (AvgIpc) is 2.35. The first-order valence-electron chi connectivity index (χ1n) is 7.53. The van der Waals surface area contributed by atoms with Gasteiger partial charge in [0, 0.05) is 42.5 Å². The number of nitrogens with zero attached hydrogens (tertiary/aromatic N) is 4. The Balaban J connectivity index is 1.58. The normalized spacial score (nSPS) is 15.2. The molecule has 1 fully saturated rings. The largest absolute Gasteiger partial charge is 0.353 e. The number of hydrogen-bond donors (Lipinski definition) is 0. The summed E-state index contributed by atoms with van der Waals surface area (Å²) in [7, 11) is 2.17. The van der Waals surface area contributed by atoms with E-state index < -0.39 is 0 Å². The molecule has 2 aromatic rings. The van der Waals surface area contributed by atoms with Gasteiger partial charge in [0.1, 0.15) is 11.6 Å². The van der Waals surface area contributed by atoms with E-state index in [2.05, 4.69) is 38.9 Å². The van der Waals surface area contributed by atoms with Crippen molar-refractivity contribution in [3.8, 4) is 0 Å². The van der Waals surface area contributed by atoms with E-state index >= 15 is 0 Å². The Labute approximate surface area is 136 Å². The highest BCUT2D eigenvalue weighted by Gasteiger charge is 2.31. The van der Waals surface area contributed by atoms with E-state index in [0.717, 1.165) is 42.0 Å². The molecule has 0 amide bonds. The van der Waals surface area contributed by atoms with Crippen LogP contribution in [0.1, 0.15) is 17.1 Å². The maximum absolute atomic E-state index is 6.05. The Hall–Kier alpha value is -1.65. The third kappa shape index (κ3) is 3.39. The van der Waals surface area contributed by atoms with Gasteiger partial charge >= 0.3 is 0 Å². The van der Waals surface area contributed by atoms with Gasteiger partial charge in [-0.1, -0.05) is 23.7 Å². The van der Waals surface area contributed by atoms with Crippen LogP contribution in [0.3, 0.4) is 0 Å². The summed E-state index contributed by atoms with van der Waals surface area (Å²) in [4.78, 5) is 13.5. The Bertz CT molecular complexity index is 647. The highest BCUT2D eigenvalue weighted by atomic mass is 35.5. The van der Waals surface area contributed by atoms with Crippen LogP contribution in [0, 0.1) is 13.8 Å². The quantitative estimate of drug-likeness (QED) is 0.868. The second-order valence-electron chi connectivity index (χ2n) is 6.02. The zero-order valence-corrected chi connectivity index (χ0v) is 14.0. The van der Waals surface area contributed by atoms with Gasteiger partial charge in [-0.25, -0.2) is 9.97 Å². The van der Waals surface area contributed by atoms with Crippen LogP contribution >= 0.6 is 11.6 Å². The van der Waals surface area contributed by atoms with E-state index in [9.17, 15) is 0 Å². The zero-order valence-electron chi connectivity index (χ0n) is 13.3. The fourth-order valence-electron chi connectivity index (χ4n) is 2.83. The highest BCUT2D eigenvalue weighted by molar-refractivity contribution is 6.30. The van der Waals surface area contributed by atoms with Crippen molar-refractivity contribution in [1.82, 2.24) is 14.9 Å². The highest BCUT2D eigenvalue weighted by Crippen LogP contribution is 2.23. The monoisotopic (exact) mass is 316 g/mol. The van der Waals surface area contributed by atoms with Gasteiger partial charge in [0.05, 0.1) is 0 Å². The van der Waals surface area contributed by atoms with E-state index in [-0.39, 0.29) is 0 Å². The Morgan fingerprint density at radius 3 is 2.68 bits per heavy atom. The molecule has 0 aliphatic carbocycles. The minimum atomic E-state index is 0.551. The lowest BCUT2D eigenvalue weighted by molar-refractivity contribution is 0.196. The maximum Gasteiger partial charge on any atom is 0.132 e. The number of anilines is 1. The van der Waals surface area contributed by atoms with Crippen LogP contribution in [0.4, 0.5) is 5.82 Å². The fourth-order valence-corrected chi connectivity index (χ4v) is 3.05. The SMILES string of the molecule is Cc1cc(N2CC(N(C)Cc3cccc(Cl)c3)C2)nc(C)n1. The number of aryl methyl sites for hydroxylation is 2. The van der Waals surface area contributed by atoms with Crippen LogP contribution in [0.5, 0.6) is 0 Å². The molecule has 22 heavy (non-hydrogen) atoms. The Morgan fingerprint density at radius 1 is 1.23 bits per heavy atom. The molecule has 4 nitrogen and oxygen atoms in total. The molecule has 5 heteroatoms.